The molecule has 0 spiro atoms. The minimum atomic E-state index is -0.208. The topological polar surface area (TPSA) is 44.1 Å². The average molecular weight is 262 g/mol. The normalized spacial score (nSPS) is 23.9. The van der Waals surface area contributed by atoms with Gasteiger partial charge in [-0.3, -0.25) is 4.79 Å². The summed E-state index contributed by atoms with van der Waals surface area (Å²) < 4.78 is 0. The summed E-state index contributed by atoms with van der Waals surface area (Å²) in [4.78, 5) is 14.2. The van der Waals surface area contributed by atoms with Gasteiger partial charge in [-0.1, -0.05) is 32.1 Å². The van der Waals surface area contributed by atoms with Gasteiger partial charge in [0.2, 0.25) is 5.91 Å². The Morgan fingerprint density at radius 2 is 1.89 bits per heavy atom. The van der Waals surface area contributed by atoms with Gasteiger partial charge in [-0.25, -0.2) is 0 Å². The van der Waals surface area contributed by atoms with Crippen molar-refractivity contribution in [3.05, 3.63) is 0 Å². The average Bonchev–Trinajstić information content (AvgIpc) is 2.47. The molecule has 2 fully saturated rings. The van der Waals surface area contributed by atoms with E-state index in [1.165, 1.54) is 32.1 Å². The highest BCUT2D eigenvalue weighted by atomic mass is 16.2. The maximum Gasteiger partial charge on any atom is 0.222 e. The molecule has 0 bridgehead atoms. The van der Waals surface area contributed by atoms with Crippen molar-refractivity contribution in [3.8, 4) is 6.07 Å². The van der Waals surface area contributed by atoms with E-state index in [0.717, 1.165) is 38.3 Å². The zero-order valence-corrected chi connectivity index (χ0v) is 12.2. The summed E-state index contributed by atoms with van der Waals surface area (Å²) in [5.41, 5.74) is -0.208. The van der Waals surface area contributed by atoms with E-state index in [4.69, 9.17) is 5.26 Å². The van der Waals surface area contributed by atoms with Crippen LogP contribution in [0.15, 0.2) is 0 Å². The second-order valence-electron chi connectivity index (χ2n) is 6.60. The molecule has 1 heterocycles. The largest absolute Gasteiger partial charge is 0.343 e. The van der Waals surface area contributed by atoms with Gasteiger partial charge in [0.25, 0.3) is 0 Å². The second kappa shape index (κ2) is 6.41. The minimum absolute atomic E-state index is 0.208. The Morgan fingerprint density at radius 3 is 2.47 bits per heavy atom. The standard InChI is InChI=1S/C16H26N2O/c1-16(13-17)9-11-18(12-10-16)15(19)8-7-14-5-3-2-4-6-14/h14H,2-12H2,1H3. The molecule has 3 nitrogen and oxygen atoms in total. The first-order chi connectivity index (χ1) is 9.13. The molecule has 1 amide bonds. The molecular weight excluding hydrogens is 236 g/mol. The number of carbonyl (C=O) groups excluding carboxylic acids is 1. The highest BCUT2D eigenvalue weighted by molar-refractivity contribution is 5.76. The molecule has 0 aromatic heterocycles. The van der Waals surface area contributed by atoms with Crippen molar-refractivity contribution < 1.29 is 4.79 Å². The van der Waals surface area contributed by atoms with Gasteiger partial charge >= 0.3 is 0 Å². The van der Waals surface area contributed by atoms with Gasteiger partial charge in [0.15, 0.2) is 0 Å². The van der Waals surface area contributed by atoms with Gasteiger partial charge in [0.1, 0.15) is 0 Å². The first-order valence-electron chi connectivity index (χ1n) is 7.82. The molecule has 3 heteroatoms. The van der Waals surface area contributed by atoms with E-state index in [-0.39, 0.29) is 5.41 Å². The second-order valence-corrected chi connectivity index (χ2v) is 6.60. The van der Waals surface area contributed by atoms with Gasteiger partial charge < -0.3 is 4.90 Å². The van der Waals surface area contributed by atoms with Crippen LogP contribution in [0.25, 0.3) is 0 Å². The molecule has 1 aliphatic heterocycles. The predicted octanol–water partition coefficient (Wildman–Crippen LogP) is 3.50. The summed E-state index contributed by atoms with van der Waals surface area (Å²) in [5, 5.41) is 9.10. The lowest BCUT2D eigenvalue weighted by Crippen LogP contribution is -2.41. The molecule has 2 rings (SSSR count). The smallest absolute Gasteiger partial charge is 0.222 e. The molecule has 1 saturated heterocycles. The van der Waals surface area contributed by atoms with Crippen molar-refractivity contribution in [2.75, 3.05) is 13.1 Å². The van der Waals surface area contributed by atoms with Crippen molar-refractivity contribution in [1.29, 1.82) is 5.26 Å². The number of amides is 1. The lowest BCUT2D eigenvalue weighted by molar-refractivity contribution is -0.133. The highest BCUT2D eigenvalue weighted by Crippen LogP contribution is 2.31. The number of hydrogen-bond donors (Lipinski definition) is 0. The highest BCUT2D eigenvalue weighted by Gasteiger charge is 2.31. The fourth-order valence-electron chi connectivity index (χ4n) is 3.32. The fourth-order valence-corrected chi connectivity index (χ4v) is 3.32. The number of hydrogen-bond acceptors (Lipinski definition) is 2. The maximum atomic E-state index is 12.2. The fraction of sp³-hybridized carbons (Fsp3) is 0.875. The molecule has 1 saturated carbocycles. The van der Waals surface area contributed by atoms with E-state index in [0.29, 0.717) is 12.3 Å². The van der Waals surface area contributed by atoms with E-state index < -0.39 is 0 Å². The van der Waals surface area contributed by atoms with E-state index in [1.807, 2.05) is 11.8 Å². The van der Waals surface area contributed by atoms with E-state index in [1.54, 1.807) is 0 Å². The molecule has 106 valence electrons. The molecule has 2 aliphatic rings. The number of likely N-dealkylation sites (tertiary alicyclic amines) is 1. The molecule has 0 unspecified atom stereocenters. The van der Waals surface area contributed by atoms with Crippen LogP contribution in [0.3, 0.4) is 0 Å². The molecule has 0 aromatic carbocycles. The van der Waals surface area contributed by atoms with E-state index in [9.17, 15) is 4.79 Å². The van der Waals surface area contributed by atoms with E-state index >= 15 is 0 Å². The molecule has 0 aromatic rings. The summed E-state index contributed by atoms with van der Waals surface area (Å²) in [6, 6.07) is 2.39. The number of nitriles is 1. The first-order valence-corrected chi connectivity index (χ1v) is 7.82. The lowest BCUT2D eigenvalue weighted by atomic mass is 9.81. The first kappa shape index (κ1) is 14.4. The van der Waals surface area contributed by atoms with Crippen LogP contribution in [0.2, 0.25) is 0 Å². The van der Waals surface area contributed by atoms with Crippen LogP contribution in [0.1, 0.15) is 64.7 Å². The Hall–Kier alpha value is -1.04. The van der Waals surface area contributed by atoms with Gasteiger partial charge in [-0.2, -0.15) is 5.26 Å². The number of nitrogens with zero attached hydrogens (tertiary/aromatic N) is 2. The molecule has 1 aliphatic carbocycles. The van der Waals surface area contributed by atoms with Crippen molar-refractivity contribution in [2.45, 2.75) is 64.7 Å². The van der Waals surface area contributed by atoms with Crippen LogP contribution in [0, 0.1) is 22.7 Å². The van der Waals surface area contributed by atoms with Crippen molar-refractivity contribution in [1.82, 2.24) is 4.90 Å². The Kier molecular flexibility index (Phi) is 4.85. The molecule has 0 atom stereocenters. The summed E-state index contributed by atoms with van der Waals surface area (Å²) in [6.07, 6.45) is 10.2. The van der Waals surface area contributed by atoms with Crippen LogP contribution < -0.4 is 0 Å². The monoisotopic (exact) mass is 262 g/mol. The van der Waals surface area contributed by atoms with Gasteiger partial charge in [-0.15, -0.1) is 0 Å². The van der Waals surface area contributed by atoms with Crippen molar-refractivity contribution >= 4 is 5.91 Å². The third kappa shape index (κ3) is 3.96. The van der Waals surface area contributed by atoms with Gasteiger partial charge in [-0.05, 0) is 32.1 Å². The lowest BCUT2D eigenvalue weighted by Gasteiger charge is -2.35. The number of rotatable bonds is 3. The quantitative estimate of drug-likeness (QED) is 0.781. The summed E-state index contributed by atoms with van der Waals surface area (Å²) in [6.45, 7) is 3.55. The SMILES string of the molecule is CC1(C#N)CCN(C(=O)CCC2CCCCC2)CC1. The molecular formula is C16H26N2O. The minimum Gasteiger partial charge on any atom is -0.343 e. The van der Waals surface area contributed by atoms with Gasteiger partial charge in [0, 0.05) is 19.5 Å². The van der Waals surface area contributed by atoms with Crippen molar-refractivity contribution in [3.63, 3.8) is 0 Å². The zero-order chi connectivity index (χ0) is 13.7. The summed E-state index contributed by atoms with van der Waals surface area (Å²) in [7, 11) is 0. The molecule has 0 N–H and O–H groups in total. The predicted molar refractivity (Wildman–Crippen MR) is 75.3 cm³/mol. The van der Waals surface area contributed by atoms with Gasteiger partial charge in [0.05, 0.1) is 11.5 Å². The Bertz CT molecular complexity index is 344. The zero-order valence-electron chi connectivity index (χ0n) is 12.2. The summed E-state index contributed by atoms with van der Waals surface area (Å²) >= 11 is 0. The van der Waals surface area contributed by atoms with E-state index in [2.05, 4.69) is 6.07 Å². The van der Waals surface area contributed by atoms with Crippen LogP contribution >= 0.6 is 0 Å². The third-order valence-electron chi connectivity index (χ3n) is 4.98. The molecule has 19 heavy (non-hydrogen) atoms. The Balaban J connectivity index is 1.71. The maximum absolute atomic E-state index is 12.2. The Morgan fingerprint density at radius 1 is 1.26 bits per heavy atom. The number of piperidine rings is 1. The van der Waals surface area contributed by atoms with Crippen LogP contribution in [-0.4, -0.2) is 23.9 Å². The Labute approximate surface area is 117 Å². The van der Waals surface area contributed by atoms with Crippen LogP contribution in [-0.2, 0) is 4.79 Å². The number of carbonyl (C=O) groups is 1. The third-order valence-corrected chi connectivity index (χ3v) is 4.98. The summed E-state index contributed by atoms with van der Waals surface area (Å²) in [5.74, 6) is 1.09. The molecule has 0 radical (unpaired) electrons. The van der Waals surface area contributed by atoms with Crippen LogP contribution in [0.4, 0.5) is 0 Å². The van der Waals surface area contributed by atoms with Crippen LogP contribution in [0.5, 0.6) is 0 Å². The van der Waals surface area contributed by atoms with Crippen molar-refractivity contribution in [2.24, 2.45) is 11.3 Å².